The average Bonchev–Trinajstić information content (AvgIpc) is 2.80. The lowest BCUT2D eigenvalue weighted by molar-refractivity contribution is -0.139. The molecule has 1 fully saturated rings. The van der Waals surface area contributed by atoms with Crippen molar-refractivity contribution in [2.75, 3.05) is 5.75 Å². The molecule has 0 aromatic heterocycles. The smallest absolute Gasteiger partial charge is 0.242 e. The number of carbonyl (C=O) groups excluding carboxylic acids is 2. The van der Waals surface area contributed by atoms with Crippen LogP contribution < -0.4 is 5.32 Å². The summed E-state index contributed by atoms with van der Waals surface area (Å²) >= 11 is 7.51. The van der Waals surface area contributed by atoms with E-state index in [-0.39, 0.29) is 17.9 Å². The third kappa shape index (κ3) is 7.56. The highest BCUT2D eigenvalue weighted by Crippen LogP contribution is 2.20. The number of rotatable bonds is 9. The molecular weight excluding hydrogens is 440 g/mol. The number of carbonyl (C=O) groups is 2. The van der Waals surface area contributed by atoms with Crippen molar-refractivity contribution in [3.05, 3.63) is 70.2 Å². The van der Waals surface area contributed by atoms with Gasteiger partial charge in [-0.15, -0.1) is 11.8 Å². The molecule has 32 heavy (non-hydrogen) atoms. The minimum absolute atomic E-state index is 0.0177. The van der Waals surface area contributed by atoms with Gasteiger partial charge in [-0.2, -0.15) is 0 Å². The predicted molar refractivity (Wildman–Crippen MR) is 134 cm³/mol. The van der Waals surface area contributed by atoms with Gasteiger partial charge < -0.3 is 10.2 Å². The van der Waals surface area contributed by atoms with E-state index in [4.69, 9.17) is 11.6 Å². The lowest BCUT2D eigenvalue weighted by Gasteiger charge is -2.31. The molecule has 172 valence electrons. The molecule has 4 nitrogen and oxygen atoms in total. The summed E-state index contributed by atoms with van der Waals surface area (Å²) in [5.41, 5.74) is 3.33. The normalized spacial score (nSPS) is 15.2. The number of hydrogen-bond acceptors (Lipinski definition) is 3. The molecule has 1 aliphatic carbocycles. The van der Waals surface area contributed by atoms with Crippen LogP contribution in [0.4, 0.5) is 0 Å². The number of benzene rings is 2. The maximum atomic E-state index is 13.2. The van der Waals surface area contributed by atoms with E-state index in [1.54, 1.807) is 16.7 Å². The van der Waals surface area contributed by atoms with Crippen molar-refractivity contribution in [2.45, 2.75) is 70.3 Å². The molecular formula is C26H33ClN2O2S. The molecule has 2 aromatic rings. The second kappa shape index (κ2) is 12.3. The SMILES string of the molecule is Cc1ccc(CN(C(=O)CSCc2ccc(Cl)cc2)C(C)C(=O)NC2CCCCC2)cc1. The van der Waals surface area contributed by atoms with E-state index in [1.165, 1.54) is 12.0 Å². The quantitative estimate of drug-likeness (QED) is 0.505. The molecule has 1 N–H and O–H groups in total. The molecule has 1 aliphatic rings. The third-order valence-electron chi connectivity index (χ3n) is 6.00. The van der Waals surface area contributed by atoms with Gasteiger partial charge in [0.15, 0.2) is 0 Å². The number of hydrogen-bond donors (Lipinski definition) is 1. The van der Waals surface area contributed by atoms with Crippen LogP contribution in [0.25, 0.3) is 0 Å². The third-order valence-corrected chi connectivity index (χ3v) is 7.24. The molecule has 0 heterocycles. The molecule has 1 unspecified atom stereocenters. The standard InChI is InChI=1S/C26H33ClN2O2S/c1-19-8-10-21(11-9-19)16-29(20(2)26(31)28-24-6-4-3-5-7-24)25(30)18-32-17-22-12-14-23(27)15-13-22/h8-15,20,24H,3-7,16-18H2,1-2H3,(H,28,31). The van der Waals surface area contributed by atoms with Gasteiger partial charge in [-0.25, -0.2) is 0 Å². The van der Waals surface area contributed by atoms with E-state index < -0.39 is 6.04 Å². The fourth-order valence-electron chi connectivity index (χ4n) is 3.96. The zero-order valence-electron chi connectivity index (χ0n) is 19.0. The van der Waals surface area contributed by atoms with Gasteiger partial charge in [0.1, 0.15) is 6.04 Å². The largest absolute Gasteiger partial charge is 0.352 e. The van der Waals surface area contributed by atoms with Gasteiger partial charge in [-0.05, 0) is 49.9 Å². The molecule has 6 heteroatoms. The second-order valence-electron chi connectivity index (χ2n) is 8.65. The first-order valence-electron chi connectivity index (χ1n) is 11.4. The highest BCUT2D eigenvalue weighted by molar-refractivity contribution is 7.99. The molecule has 2 amide bonds. The van der Waals surface area contributed by atoms with Crippen molar-refractivity contribution in [2.24, 2.45) is 0 Å². The van der Waals surface area contributed by atoms with Crippen LogP contribution in [-0.2, 0) is 21.9 Å². The number of amides is 2. The molecule has 3 rings (SSSR count). The molecule has 1 saturated carbocycles. The lowest BCUT2D eigenvalue weighted by atomic mass is 9.95. The first-order valence-corrected chi connectivity index (χ1v) is 12.9. The predicted octanol–water partition coefficient (Wildman–Crippen LogP) is 5.75. The Morgan fingerprint density at radius 2 is 1.66 bits per heavy atom. The minimum atomic E-state index is -0.512. The highest BCUT2D eigenvalue weighted by atomic mass is 35.5. The van der Waals surface area contributed by atoms with Crippen molar-refractivity contribution in [3.8, 4) is 0 Å². The second-order valence-corrected chi connectivity index (χ2v) is 10.1. The van der Waals surface area contributed by atoms with Gasteiger partial charge in [0.25, 0.3) is 0 Å². The highest BCUT2D eigenvalue weighted by Gasteiger charge is 2.28. The maximum absolute atomic E-state index is 13.2. The number of thioether (sulfide) groups is 1. The number of aryl methyl sites for hydroxylation is 1. The van der Waals surface area contributed by atoms with Gasteiger partial charge in [0.2, 0.25) is 11.8 Å². The van der Waals surface area contributed by atoms with Crippen LogP contribution in [0, 0.1) is 6.92 Å². The Hall–Kier alpha value is -1.98. The van der Waals surface area contributed by atoms with Gasteiger partial charge in [-0.1, -0.05) is 72.8 Å². The van der Waals surface area contributed by atoms with Gasteiger partial charge in [0.05, 0.1) is 5.75 Å². The van der Waals surface area contributed by atoms with Crippen molar-refractivity contribution in [3.63, 3.8) is 0 Å². The number of halogens is 1. The van der Waals surface area contributed by atoms with Crippen LogP contribution >= 0.6 is 23.4 Å². The Bertz CT molecular complexity index is 880. The van der Waals surface area contributed by atoms with Crippen LogP contribution in [0.15, 0.2) is 48.5 Å². The Morgan fingerprint density at radius 1 is 1.03 bits per heavy atom. The van der Waals surface area contributed by atoms with Crippen molar-refractivity contribution >= 4 is 35.2 Å². The van der Waals surface area contributed by atoms with Crippen molar-refractivity contribution in [1.82, 2.24) is 10.2 Å². The van der Waals surface area contributed by atoms with Crippen molar-refractivity contribution < 1.29 is 9.59 Å². The summed E-state index contributed by atoms with van der Waals surface area (Å²) in [6.45, 7) is 4.31. The van der Waals surface area contributed by atoms with Gasteiger partial charge in [-0.3, -0.25) is 9.59 Å². The monoisotopic (exact) mass is 472 g/mol. The molecule has 0 saturated heterocycles. The first kappa shape index (κ1) is 24.7. The maximum Gasteiger partial charge on any atom is 0.242 e. The fourth-order valence-corrected chi connectivity index (χ4v) is 4.96. The summed E-state index contributed by atoms with van der Waals surface area (Å²) in [5, 5.41) is 3.89. The number of nitrogens with zero attached hydrogens (tertiary/aromatic N) is 1. The van der Waals surface area contributed by atoms with E-state index >= 15 is 0 Å². The van der Waals surface area contributed by atoms with Crippen LogP contribution in [0.5, 0.6) is 0 Å². The topological polar surface area (TPSA) is 49.4 Å². The molecule has 0 aliphatic heterocycles. The molecule has 0 radical (unpaired) electrons. The van der Waals surface area contributed by atoms with Crippen LogP contribution in [0.2, 0.25) is 5.02 Å². The fraction of sp³-hybridized carbons (Fsp3) is 0.462. The zero-order chi connectivity index (χ0) is 22.9. The number of nitrogens with one attached hydrogen (secondary N) is 1. The lowest BCUT2D eigenvalue weighted by Crippen LogP contribution is -2.50. The van der Waals surface area contributed by atoms with Gasteiger partial charge in [0, 0.05) is 23.4 Å². The first-order chi connectivity index (χ1) is 15.4. The summed E-state index contributed by atoms with van der Waals surface area (Å²) in [6.07, 6.45) is 5.62. The summed E-state index contributed by atoms with van der Waals surface area (Å²) < 4.78 is 0. The Balaban J connectivity index is 1.64. The molecule has 0 spiro atoms. The van der Waals surface area contributed by atoms with Crippen LogP contribution in [0.3, 0.4) is 0 Å². The summed E-state index contributed by atoms with van der Waals surface area (Å²) in [5.74, 6) is 0.982. The van der Waals surface area contributed by atoms with E-state index in [2.05, 4.69) is 5.32 Å². The van der Waals surface area contributed by atoms with E-state index in [0.29, 0.717) is 17.3 Å². The Kier molecular flexibility index (Phi) is 9.49. The zero-order valence-corrected chi connectivity index (χ0v) is 20.6. The van der Waals surface area contributed by atoms with E-state index in [0.717, 1.165) is 42.6 Å². The average molecular weight is 473 g/mol. The molecule has 0 bridgehead atoms. The molecule has 2 aromatic carbocycles. The summed E-state index contributed by atoms with van der Waals surface area (Å²) in [7, 11) is 0. The van der Waals surface area contributed by atoms with Gasteiger partial charge >= 0.3 is 0 Å². The van der Waals surface area contributed by atoms with Crippen LogP contribution in [0.1, 0.15) is 55.7 Å². The molecule has 1 atom stereocenters. The van der Waals surface area contributed by atoms with Crippen LogP contribution in [-0.4, -0.2) is 34.6 Å². The van der Waals surface area contributed by atoms with E-state index in [1.807, 2.05) is 62.4 Å². The Morgan fingerprint density at radius 3 is 2.31 bits per heavy atom. The van der Waals surface area contributed by atoms with Crippen molar-refractivity contribution in [1.29, 1.82) is 0 Å². The summed E-state index contributed by atoms with van der Waals surface area (Å²) in [6, 6.07) is 15.5. The Labute approximate surface area is 201 Å². The van der Waals surface area contributed by atoms with E-state index in [9.17, 15) is 9.59 Å². The summed E-state index contributed by atoms with van der Waals surface area (Å²) in [4.78, 5) is 27.9. The minimum Gasteiger partial charge on any atom is -0.352 e.